The number of carbonyl (C=O) groups is 4. The molecule has 21 heteroatoms. The van der Waals surface area contributed by atoms with E-state index in [-0.39, 0.29) is 18.3 Å². The number of benzene rings is 1. The van der Waals surface area contributed by atoms with E-state index >= 15 is 0 Å². The smallest absolute Gasteiger partial charge is 0.320 e. The highest BCUT2D eigenvalue weighted by Gasteiger charge is 2.15. The summed E-state index contributed by atoms with van der Waals surface area (Å²) in [6.07, 6.45) is 7.41. The number of hydrogen-bond donors (Lipinski definition) is 14. The van der Waals surface area contributed by atoms with Crippen LogP contribution in [0.15, 0.2) is 53.0 Å². The zero-order valence-corrected chi connectivity index (χ0v) is 27.4. The molecule has 4 atom stereocenters. The molecule has 0 aliphatic heterocycles. The fourth-order valence-corrected chi connectivity index (χ4v) is 3.63. The van der Waals surface area contributed by atoms with Gasteiger partial charge in [-0.25, -0.2) is 4.98 Å². The molecule has 50 heavy (non-hydrogen) atoms. The van der Waals surface area contributed by atoms with Crippen LogP contribution < -0.4 is 45.9 Å². The number of guanidine groups is 2. The van der Waals surface area contributed by atoms with Crippen molar-refractivity contribution in [3.8, 4) is 0 Å². The third kappa shape index (κ3) is 20.5. The second kappa shape index (κ2) is 24.4. The second-order valence-electron chi connectivity index (χ2n) is 10.5. The lowest BCUT2D eigenvalue weighted by Crippen LogP contribution is -2.32. The van der Waals surface area contributed by atoms with Gasteiger partial charge in [-0.2, -0.15) is 0 Å². The summed E-state index contributed by atoms with van der Waals surface area (Å²) in [7, 11) is 0. The van der Waals surface area contributed by atoms with Crippen molar-refractivity contribution in [3.05, 3.63) is 54.2 Å². The van der Waals surface area contributed by atoms with Gasteiger partial charge in [-0.3, -0.25) is 29.2 Å². The zero-order valence-electron chi connectivity index (χ0n) is 27.4. The Labute approximate surface area is 287 Å². The lowest BCUT2D eigenvalue weighted by atomic mass is 10.1. The Morgan fingerprint density at radius 3 is 1.56 bits per heavy atom. The second-order valence-corrected chi connectivity index (χ2v) is 10.5. The van der Waals surface area contributed by atoms with Gasteiger partial charge in [0.05, 0.1) is 6.33 Å². The lowest BCUT2D eigenvalue weighted by Gasteiger charge is -2.04. The van der Waals surface area contributed by atoms with Gasteiger partial charge in [-0.05, 0) is 37.3 Å². The van der Waals surface area contributed by atoms with Crippen molar-refractivity contribution in [1.82, 2.24) is 15.0 Å². The molecule has 0 radical (unpaired) electrons. The number of fused-ring (bicyclic) bond motifs is 1. The molecule has 0 unspecified atom stereocenters. The molecule has 3 rings (SSSR count). The average Bonchev–Trinajstić information content (AvgIpc) is 3.72. The topological polar surface area (TPSA) is 427 Å². The molecule has 0 aliphatic carbocycles. The number of nitrogens with two attached hydrogens (primary N) is 8. The van der Waals surface area contributed by atoms with Crippen LogP contribution in [0.3, 0.4) is 0 Å². The van der Waals surface area contributed by atoms with Gasteiger partial charge < -0.3 is 76.3 Å². The highest BCUT2D eigenvalue weighted by molar-refractivity contribution is 5.84. The minimum absolute atomic E-state index is 0.0129. The van der Waals surface area contributed by atoms with Crippen LogP contribution in [0, 0.1) is 0 Å². The number of H-pyrrole nitrogens is 2. The number of nitrogens with zero attached hydrogens (tertiary/aromatic N) is 3. The maximum Gasteiger partial charge on any atom is 0.320 e. The van der Waals surface area contributed by atoms with E-state index in [4.69, 9.17) is 66.3 Å². The van der Waals surface area contributed by atoms with Gasteiger partial charge in [-0.1, -0.05) is 18.2 Å². The fraction of sp³-hybridized carbons (Fsp3) is 0.414. The van der Waals surface area contributed by atoms with Gasteiger partial charge in [0.2, 0.25) is 0 Å². The van der Waals surface area contributed by atoms with Gasteiger partial charge in [-0.15, -0.1) is 0 Å². The molecule has 21 nitrogen and oxygen atoms in total. The minimum Gasteiger partial charge on any atom is -0.480 e. The summed E-state index contributed by atoms with van der Waals surface area (Å²) in [6.45, 7) is 0.840. The number of hydrogen-bond acceptors (Lipinski definition) is 11. The van der Waals surface area contributed by atoms with Crippen molar-refractivity contribution >= 4 is 46.7 Å². The molecule has 0 spiro atoms. The maximum absolute atomic E-state index is 10.6. The van der Waals surface area contributed by atoms with Crippen molar-refractivity contribution in [2.75, 3.05) is 13.1 Å². The number of imidazole rings is 1. The van der Waals surface area contributed by atoms with Gasteiger partial charge in [0, 0.05) is 54.9 Å². The molecule has 0 amide bonds. The number of aliphatic carboxylic acids is 4. The first-order valence-electron chi connectivity index (χ1n) is 15.0. The van der Waals surface area contributed by atoms with Crippen LogP contribution in [0.25, 0.3) is 10.9 Å². The minimum atomic E-state index is -1.00. The molecule has 278 valence electrons. The largest absolute Gasteiger partial charge is 0.480 e. The van der Waals surface area contributed by atoms with Crippen LogP contribution in [0.1, 0.15) is 36.9 Å². The van der Waals surface area contributed by atoms with E-state index in [1.54, 1.807) is 6.20 Å². The highest BCUT2D eigenvalue weighted by Crippen LogP contribution is 2.18. The number of carboxylic acids is 4. The summed E-state index contributed by atoms with van der Waals surface area (Å²) >= 11 is 0. The number of para-hydroxylation sites is 1. The third-order valence-electron chi connectivity index (χ3n) is 6.31. The predicted molar refractivity (Wildman–Crippen MR) is 187 cm³/mol. The van der Waals surface area contributed by atoms with Gasteiger partial charge in [0.1, 0.15) is 24.2 Å². The Hall–Kier alpha value is -5.77. The predicted octanol–water partition coefficient (Wildman–Crippen LogP) is -2.61. The van der Waals surface area contributed by atoms with Crippen LogP contribution in [-0.2, 0) is 32.0 Å². The van der Waals surface area contributed by atoms with Gasteiger partial charge in [0.15, 0.2) is 11.9 Å². The molecule has 3 aromatic rings. The summed E-state index contributed by atoms with van der Waals surface area (Å²) in [4.78, 5) is 58.3. The number of rotatable bonds is 16. The van der Waals surface area contributed by atoms with Crippen LogP contribution in [0.5, 0.6) is 0 Å². The molecule has 0 saturated heterocycles. The number of aromatic amines is 2. The SMILES string of the molecule is NC(N)=NCCC[C@H](N)C(=O)O.NC(N)=NCCC[C@H](N)C(=O)O.N[C@@H](Cc1c[nH]c2ccccc12)C(=O)O.N[C@@H](Cc1cnc[nH]1)C(=O)O. The molecule has 0 bridgehead atoms. The Morgan fingerprint density at radius 1 is 0.680 bits per heavy atom. The first-order chi connectivity index (χ1) is 23.5. The molecular formula is C29H49N13O8. The number of aromatic nitrogens is 3. The van der Waals surface area contributed by atoms with Crippen molar-refractivity contribution < 1.29 is 39.6 Å². The molecule has 1 aromatic carbocycles. The molecule has 22 N–H and O–H groups in total. The van der Waals surface area contributed by atoms with Crippen molar-refractivity contribution in [1.29, 1.82) is 0 Å². The molecule has 0 saturated carbocycles. The maximum atomic E-state index is 10.6. The van der Waals surface area contributed by atoms with Crippen molar-refractivity contribution in [2.24, 2.45) is 55.9 Å². The van der Waals surface area contributed by atoms with Gasteiger partial charge in [0.25, 0.3) is 0 Å². The molecule has 2 heterocycles. The molecular weight excluding hydrogens is 658 g/mol. The van der Waals surface area contributed by atoms with Crippen LogP contribution in [0.4, 0.5) is 0 Å². The Bertz CT molecular complexity index is 1460. The van der Waals surface area contributed by atoms with Crippen LogP contribution >= 0.6 is 0 Å². The van der Waals surface area contributed by atoms with E-state index in [1.165, 1.54) is 6.33 Å². The van der Waals surface area contributed by atoms with Crippen LogP contribution in [-0.4, -0.2) is 108 Å². The molecule has 2 aromatic heterocycles. The summed E-state index contributed by atoms with van der Waals surface area (Å²) < 4.78 is 0. The van der Waals surface area contributed by atoms with E-state index in [0.717, 1.165) is 22.2 Å². The first-order valence-corrected chi connectivity index (χ1v) is 15.0. The Kier molecular flexibility index (Phi) is 21.6. The molecule has 0 aliphatic rings. The van der Waals surface area contributed by atoms with E-state index in [9.17, 15) is 19.2 Å². The molecule has 0 fully saturated rings. The summed E-state index contributed by atoms with van der Waals surface area (Å²) in [5.41, 5.74) is 44.1. The number of carboxylic acid groups (broad SMARTS) is 4. The van der Waals surface area contributed by atoms with Crippen molar-refractivity contribution in [3.63, 3.8) is 0 Å². The number of nitrogens with one attached hydrogen (secondary N) is 2. The van der Waals surface area contributed by atoms with E-state index in [2.05, 4.69) is 24.9 Å². The van der Waals surface area contributed by atoms with Crippen LogP contribution in [0.2, 0.25) is 0 Å². The quantitative estimate of drug-likeness (QED) is 0.0412. The standard InChI is InChI=1S/C11H12N2O2.2C6H14N4O2.C6H9N3O2/c12-9(11(14)15)5-7-6-13-10-4-2-1-3-8(7)10;2*7-4(5(11)12)2-1-3-10-6(8)9;7-5(6(10)11)1-4-2-8-3-9-4/h1-4,6,9,13H,5,12H2,(H,14,15);2*4H,1-3,7H2,(H,11,12)(H4,8,9,10);2-3,5H,1,7H2,(H,8,9)(H,10,11)/t9-;2*4-;5-/m0000/s1. The third-order valence-corrected chi connectivity index (χ3v) is 6.31. The van der Waals surface area contributed by atoms with E-state index < -0.39 is 48.0 Å². The summed E-state index contributed by atoms with van der Waals surface area (Å²) in [6, 6.07) is 4.42. The fourth-order valence-electron chi connectivity index (χ4n) is 3.63. The van der Waals surface area contributed by atoms with Crippen molar-refractivity contribution in [2.45, 2.75) is 62.7 Å². The zero-order chi connectivity index (χ0) is 38.2. The Morgan fingerprint density at radius 2 is 1.14 bits per heavy atom. The summed E-state index contributed by atoms with van der Waals surface area (Å²) in [5.74, 6) is -3.95. The summed E-state index contributed by atoms with van der Waals surface area (Å²) in [5, 5.41) is 34.9. The average molecular weight is 708 g/mol. The lowest BCUT2D eigenvalue weighted by molar-refractivity contribution is -0.139. The number of aliphatic imine (C=N–C) groups is 2. The first kappa shape index (κ1) is 44.2. The van der Waals surface area contributed by atoms with E-state index in [1.807, 2.05) is 30.5 Å². The monoisotopic (exact) mass is 707 g/mol. The van der Waals surface area contributed by atoms with E-state index in [0.29, 0.717) is 45.2 Å². The Balaban J connectivity index is 0.000000646. The normalized spacial score (nSPS) is 12.5. The highest BCUT2D eigenvalue weighted by atomic mass is 16.4. The van der Waals surface area contributed by atoms with Gasteiger partial charge >= 0.3 is 23.9 Å².